The molecule has 0 N–H and O–H groups in total. The predicted molar refractivity (Wildman–Crippen MR) is 59.6 cm³/mol. The van der Waals surface area contributed by atoms with E-state index < -0.39 is 0 Å². The lowest BCUT2D eigenvalue weighted by Crippen LogP contribution is -1.90. The third-order valence-electron chi connectivity index (χ3n) is 2.57. The summed E-state index contributed by atoms with van der Waals surface area (Å²) in [6, 6.07) is 8.21. The Morgan fingerprint density at radius 1 is 1.20 bits per heavy atom. The monoisotopic (exact) mass is 203 g/mol. The smallest absolute Gasteiger partial charge is 0.134 e. The highest BCUT2D eigenvalue weighted by molar-refractivity contribution is 5.65. The summed E-state index contributed by atoms with van der Waals surface area (Å²) in [5.74, 6) is 0.973. The van der Waals surface area contributed by atoms with Gasteiger partial charge in [-0.15, -0.1) is 0 Å². The molecule has 1 aliphatic heterocycles. The zero-order valence-corrected chi connectivity index (χ0v) is 8.74. The summed E-state index contributed by atoms with van der Waals surface area (Å²) < 4.78 is 10.2. The minimum absolute atomic E-state index is 0.739. The summed E-state index contributed by atoms with van der Waals surface area (Å²) in [5, 5.41) is 0. The zero-order valence-electron chi connectivity index (χ0n) is 8.74. The Morgan fingerprint density at radius 2 is 2.13 bits per heavy atom. The molecule has 79 valence electrons. The first-order chi connectivity index (χ1) is 7.42. The van der Waals surface area contributed by atoms with Crippen LogP contribution in [0.1, 0.15) is 18.4 Å². The minimum atomic E-state index is 0.739. The van der Waals surface area contributed by atoms with Crippen molar-refractivity contribution in [2.45, 2.75) is 19.3 Å². The summed E-state index contributed by atoms with van der Waals surface area (Å²) in [5.41, 5.74) is 2.59. The minimum Gasteiger partial charge on any atom is -0.464 e. The van der Waals surface area contributed by atoms with E-state index in [1.54, 1.807) is 6.26 Å². The van der Waals surface area contributed by atoms with Crippen LogP contribution in [0.4, 0.5) is 0 Å². The fraction of sp³-hybridized carbons (Fsp3) is 0.308. The van der Waals surface area contributed by atoms with Gasteiger partial charge in [0.2, 0.25) is 0 Å². The summed E-state index contributed by atoms with van der Waals surface area (Å²) in [7, 11) is 3.36. The second-order valence-corrected chi connectivity index (χ2v) is 3.61. The van der Waals surface area contributed by atoms with Crippen molar-refractivity contribution in [3.8, 4) is 11.3 Å². The molecule has 0 saturated carbocycles. The Labute approximate surface area is 90.2 Å². The van der Waals surface area contributed by atoms with Crippen LogP contribution >= 0.6 is 0 Å². The Kier molecular flexibility index (Phi) is 3.41. The first kappa shape index (κ1) is 10.2. The molecule has 0 spiro atoms. The predicted octanol–water partition coefficient (Wildman–Crippen LogP) is 3.52. The molecular weight excluding hydrogens is 188 g/mol. The highest BCUT2D eigenvalue weighted by Crippen LogP contribution is 2.28. The third kappa shape index (κ3) is 2.39. The molecule has 1 aliphatic carbocycles. The summed E-state index contributed by atoms with van der Waals surface area (Å²) >= 11 is 0. The number of unbranched alkanes of at least 4 members (excludes halogenated alkanes) is 1. The van der Waals surface area contributed by atoms with Gasteiger partial charge >= 0.3 is 0 Å². The van der Waals surface area contributed by atoms with Crippen molar-refractivity contribution in [3.63, 3.8) is 0 Å². The van der Waals surface area contributed by atoms with Crippen LogP contribution in [0.15, 0.2) is 34.9 Å². The van der Waals surface area contributed by atoms with E-state index in [1.165, 1.54) is 11.1 Å². The topological polar surface area (TPSA) is 22.4 Å². The molecule has 0 fully saturated rings. The molecule has 0 unspecified atom stereocenters. The van der Waals surface area contributed by atoms with Crippen LogP contribution in [0.2, 0.25) is 0 Å². The maximum atomic E-state index is 5.39. The molecule has 2 rings (SSSR count). The van der Waals surface area contributed by atoms with Gasteiger partial charge in [-0.3, -0.25) is 0 Å². The first-order valence-corrected chi connectivity index (χ1v) is 5.24. The molecule has 2 nitrogen and oxygen atoms in total. The van der Waals surface area contributed by atoms with Crippen LogP contribution < -0.4 is 0 Å². The SMILES string of the molecule is [CH2]OCCCCc1ccc2occcc1-2. The number of hydrogen-bond acceptors (Lipinski definition) is 2. The second kappa shape index (κ2) is 4.99. The standard InChI is InChI=1S/C13H15O2/c1-14-9-3-2-5-11-7-8-13-12(11)6-4-10-15-13/h4,6-8,10H,1-3,5,9H2. The molecular formula is C13H15O2. The van der Waals surface area contributed by atoms with Crippen molar-refractivity contribution in [2.75, 3.05) is 6.61 Å². The molecule has 1 heterocycles. The van der Waals surface area contributed by atoms with E-state index in [0.717, 1.165) is 31.6 Å². The number of rotatable bonds is 5. The quantitative estimate of drug-likeness (QED) is 0.694. The highest BCUT2D eigenvalue weighted by atomic mass is 16.5. The molecule has 0 aromatic rings. The van der Waals surface area contributed by atoms with Crippen LogP contribution in [-0.4, -0.2) is 6.61 Å². The largest absolute Gasteiger partial charge is 0.464 e. The van der Waals surface area contributed by atoms with E-state index in [-0.39, 0.29) is 0 Å². The Bertz CT molecular complexity index is 378. The molecule has 2 aliphatic rings. The molecule has 15 heavy (non-hydrogen) atoms. The number of aryl methyl sites for hydroxylation is 1. The fourth-order valence-electron chi connectivity index (χ4n) is 1.79. The maximum Gasteiger partial charge on any atom is 0.134 e. The van der Waals surface area contributed by atoms with Crippen molar-refractivity contribution >= 4 is 0 Å². The molecule has 0 aromatic carbocycles. The van der Waals surface area contributed by atoms with Gasteiger partial charge in [0.1, 0.15) is 5.76 Å². The average molecular weight is 203 g/mol. The lowest BCUT2D eigenvalue weighted by molar-refractivity contribution is 0.235. The van der Waals surface area contributed by atoms with Crippen molar-refractivity contribution < 1.29 is 9.15 Å². The van der Waals surface area contributed by atoms with Crippen molar-refractivity contribution in [1.82, 2.24) is 0 Å². The van der Waals surface area contributed by atoms with Crippen LogP contribution in [0.3, 0.4) is 0 Å². The number of ether oxygens (including phenoxy) is 1. The van der Waals surface area contributed by atoms with Crippen molar-refractivity contribution in [2.24, 2.45) is 0 Å². The maximum absolute atomic E-state index is 5.39. The Hall–Kier alpha value is -1.28. The summed E-state index contributed by atoms with van der Waals surface area (Å²) in [6.45, 7) is 0.739. The normalized spacial score (nSPS) is 11.0. The van der Waals surface area contributed by atoms with E-state index in [0.29, 0.717) is 0 Å². The molecule has 0 amide bonds. The van der Waals surface area contributed by atoms with E-state index in [9.17, 15) is 0 Å². The molecule has 2 heteroatoms. The molecule has 0 saturated heterocycles. The molecule has 1 radical (unpaired) electrons. The van der Waals surface area contributed by atoms with E-state index in [4.69, 9.17) is 9.15 Å². The number of hydrogen-bond donors (Lipinski definition) is 0. The Balaban J connectivity index is 1.97. The molecule has 0 aromatic heterocycles. The molecule has 0 bridgehead atoms. The fourth-order valence-corrected chi connectivity index (χ4v) is 1.79. The third-order valence-corrected chi connectivity index (χ3v) is 2.57. The van der Waals surface area contributed by atoms with Gasteiger partial charge in [-0.2, -0.15) is 0 Å². The van der Waals surface area contributed by atoms with Gasteiger partial charge in [0, 0.05) is 12.2 Å². The average Bonchev–Trinajstić information content (AvgIpc) is 2.68. The van der Waals surface area contributed by atoms with E-state index >= 15 is 0 Å². The summed E-state index contributed by atoms with van der Waals surface area (Å²) in [4.78, 5) is 0. The lowest BCUT2D eigenvalue weighted by atomic mass is 10.1. The highest BCUT2D eigenvalue weighted by Gasteiger charge is 2.09. The van der Waals surface area contributed by atoms with Gasteiger partial charge in [0.15, 0.2) is 0 Å². The van der Waals surface area contributed by atoms with Crippen LogP contribution in [0.5, 0.6) is 0 Å². The lowest BCUT2D eigenvalue weighted by Gasteiger charge is -2.02. The van der Waals surface area contributed by atoms with Crippen molar-refractivity contribution in [3.05, 3.63) is 43.2 Å². The van der Waals surface area contributed by atoms with Gasteiger partial charge in [0.05, 0.1) is 13.4 Å². The summed E-state index contributed by atoms with van der Waals surface area (Å²) in [6.07, 6.45) is 4.97. The van der Waals surface area contributed by atoms with Crippen LogP contribution in [0.25, 0.3) is 11.3 Å². The van der Waals surface area contributed by atoms with Crippen LogP contribution in [0, 0.1) is 7.11 Å². The van der Waals surface area contributed by atoms with Crippen molar-refractivity contribution in [1.29, 1.82) is 0 Å². The van der Waals surface area contributed by atoms with Gasteiger partial charge in [-0.25, -0.2) is 0 Å². The Morgan fingerprint density at radius 3 is 3.00 bits per heavy atom. The second-order valence-electron chi connectivity index (χ2n) is 3.61. The molecule has 0 atom stereocenters. The van der Waals surface area contributed by atoms with E-state index in [2.05, 4.69) is 19.2 Å². The van der Waals surface area contributed by atoms with Gasteiger partial charge < -0.3 is 9.15 Å². The zero-order chi connectivity index (χ0) is 10.5. The van der Waals surface area contributed by atoms with Gasteiger partial charge in [-0.1, -0.05) is 6.07 Å². The van der Waals surface area contributed by atoms with Gasteiger partial charge in [-0.05, 0) is 43.0 Å². The first-order valence-electron chi connectivity index (χ1n) is 5.24. The van der Waals surface area contributed by atoms with E-state index in [1.807, 2.05) is 12.1 Å². The van der Waals surface area contributed by atoms with Crippen LogP contribution in [-0.2, 0) is 11.2 Å². The number of fused-ring (bicyclic) bond motifs is 1. The van der Waals surface area contributed by atoms with Gasteiger partial charge in [0.25, 0.3) is 0 Å².